The SMILES string of the molecule is CC1(C)CCCC2(C)C1C(=O)C1(C)OC12. The number of carbonyl (C=O) groups excluding carboxylic acids is 1. The zero-order valence-electron chi connectivity index (χ0n) is 10.1. The van der Waals surface area contributed by atoms with E-state index >= 15 is 0 Å². The second-order valence-corrected chi connectivity index (χ2v) is 6.75. The average molecular weight is 208 g/mol. The number of hydrogen-bond donors (Lipinski definition) is 0. The zero-order chi connectivity index (χ0) is 11.1. The Hall–Kier alpha value is -0.370. The molecule has 1 heterocycles. The molecule has 0 aromatic carbocycles. The molecule has 3 rings (SSSR count). The van der Waals surface area contributed by atoms with Crippen LogP contribution in [0.3, 0.4) is 0 Å². The van der Waals surface area contributed by atoms with Crippen molar-refractivity contribution >= 4 is 5.78 Å². The largest absolute Gasteiger partial charge is 0.357 e. The van der Waals surface area contributed by atoms with Crippen LogP contribution in [-0.4, -0.2) is 17.5 Å². The monoisotopic (exact) mass is 208 g/mol. The fourth-order valence-corrected chi connectivity index (χ4v) is 4.49. The van der Waals surface area contributed by atoms with E-state index in [1.165, 1.54) is 12.8 Å². The van der Waals surface area contributed by atoms with Crippen molar-refractivity contribution in [2.24, 2.45) is 16.7 Å². The van der Waals surface area contributed by atoms with Crippen LogP contribution in [0, 0.1) is 16.7 Å². The van der Waals surface area contributed by atoms with Gasteiger partial charge in [0.25, 0.3) is 0 Å². The summed E-state index contributed by atoms with van der Waals surface area (Å²) in [6.45, 7) is 8.75. The Kier molecular flexibility index (Phi) is 1.52. The first-order chi connectivity index (χ1) is 6.82. The van der Waals surface area contributed by atoms with Crippen LogP contribution in [0.4, 0.5) is 0 Å². The van der Waals surface area contributed by atoms with E-state index in [0.717, 1.165) is 6.42 Å². The fourth-order valence-electron chi connectivity index (χ4n) is 4.49. The smallest absolute Gasteiger partial charge is 0.171 e. The predicted molar refractivity (Wildman–Crippen MR) is 57.5 cm³/mol. The van der Waals surface area contributed by atoms with E-state index in [4.69, 9.17) is 4.74 Å². The van der Waals surface area contributed by atoms with E-state index in [1.807, 2.05) is 6.92 Å². The molecule has 1 aliphatic heterocycles. The van der Waals surface area contributed by atoms with Crippen LogP contribution in [0.5, 0.6) is 0 Å². The molecule has 0 aromatic heterocycles. The number of fused-ring (bicyclic) bond motifs is 3. The van der Waals surface area contributed by atoms with Crippen molar-refractivity contribution < 1.29 is 9.53 Å². The van der Waals surface area contributed by atoms with Crippen LogP contribution in [0.25, 0.3) is 0 Å². The molecule has 0 amide bonds. The normalized spacial score (nSPS) is 56.1. The molecule has 2 heteroatoms. The lowest BCUT2D eigenvalue weighted by Crippen LogP contribution is -2.46. The maximum Gasteiger partial charge on any atom is 0.171 e. The second-order valence-electron chi connectivity index (χ2n) is 6.75. The Morgan fingerprint density at radius 2 is 1.87 bits per heavy atom. The number of Topliss-reactive ketones (excluding diaryl/α,β-unsaturated/α-hetero) is 1. The van der Waals surface area contributed by atoms with Crippen molar-refractivity contribution in [3.8, 4) is 0 Å². The molecular weight excluding hydrogens is 188 g/mol. The van der Waals surface area contributed by atoms with Gasteiger partial charge in [0.15, 0.2) is 11.4 Å². The number of hydrogen-bond acceptors (Lipinski definition) is 2. The first-order valence-corrected chi connectivity index (χ1v) is 6.04. The summed E-state index contributed by atoms with van der Waals surface area (Å²) in [5.41, 5.74) is -0.127. The van der Waals surface area contributed by atoms with Crippen LogP contribution in [0.1, 0.15) is 47.0 Å². The van der Waals surface area contributed by atoms with E-state index in [9.17, 15) is 4.79 Å². The molecule has 84 valence electrons. The van der Waals surface area contributed by atoms with E-state index < -0.39 is 5.60 Å². The molecule has 0 N–H and O–H groups in total. The van der Waals surface area contributed by atoms with E-state index in [2.05, 4.69) is 20.8 Å². The molecule has 4 atom stereocenters. The van der Waals surface area contributed by atoms with Crippen LogP contribution in [0.2, 0.25) is 0 Å². The van der Waals surface area contributed by atoms with Crippen LogP contribution in [0.15, 0.2) is 0 Å². The minimum absolute atomic E-state index is 0.119. The van der Waals surface area contributed by atoms with Gasteiger partial charge >= 0.3 is 0 Å². The summed E-state index contributed by atoms with van der Waals surface area (Å²) in [6, 6.07) is 0. The standard InChI is InChI=1S/C13H20O2/c1-11(2)6-5-7-12(3)8(11)9(14)13(4)10(12)15-13/h8,10H,5-7H2,1-4H3. The third-order valence-corrected chi connectivity index (χ3v) is 5.13. The van der Waals surface area contributed by atoms with Gasteiger partial charge in [-0.05, 0) is 25.2 Å². The van der Waals surface area contributed by atoms with Gasteiger partial charge in [-0.25, -0.2) is 0 Å². The highest BCUT2D eigenvalue weighted by Crippen LogP contribution is 2.68. The van der Waals surface area contributed by atoms with Gasteiger partial charge in [-0.2, -0.15) is 0 Å². The minimum atomic E-state index is -0.416. The van der Waals surface area contributed by atoms with Gasteiger partial charge in [-0.1, -0.05) is 27.2 Å². The van der Waals surface area contributed by atoms with Gasteiger partial charge in [0.05, 0.1) is 0 Å². The number of epoxide rings is 1. The molecule has 2 nitrogen and oxygen atoms in total. The molecule has 1 saturated heterocycles. The highest BCUT2D eigenvalue weighted by atomic mass is 16.6. The van der Waals surface area contributed by atoms with Crippen molar-refractivity contribution in [2.75, 3.05) is 0 Å². The number of ether oxygens (including phenoxy) is 1. The van der Waals surface area contributed by atoms with Gasteiger partial charge in [-0.3, -0.25) is 4.79 Å². The minimum Gasteiger partial charge on any atom is -0.357 e. The Morgan fingerprint density at radius 3 is 2.47 bits per heavy atom. The van der Waals surface area contributed by atoms with Crippen molar-refractivity contribution in [2.45, 2.75) is 58.7 Å². The van der Waals surface area contributed by atoms with Crippen LogP contribution in [-0.2, 0) is 9.53 Å². The molecule has 15 heavy (non-hydrogen) atoms. The first kappa shape index (κ1) is 9.83. The molecule has 4 unspecified atom stereocenters. The molecule has 0 bridgehead atoms. The zero-order valence-corrected chi connectivity index (χ0v) is 10.1. The molecule has 2 aliphatic carbocycles. The molecule has 3 fully saturated rings. The van der Waals surface area contributed by atoms with E-state index in [0.29, 0.717) is 5.78 Å². The summed E-state index contributed by atoms with van der Waals surface area (Å²) < 4.78 is 5.67. The average Bonchev–Trinajstić information content (AvgIpc) is 2.73. The highest BCUT2D eigenvalue weighted by Gasteiger charge is 2.78. The lowest BCUT2D eigenvalue weighted by atomic mass is 9.57. The van der Waals surface area contributed by atoms with Gasteiger partial charge in [-0.15, -0.1) is 0 Å². The summed E-state index contributed by atoms with van der Waals surface area (Å²) >= 11 is 0. The number of rotatable bonds is 0. The van der Waals surface area contributed by atoms with E-state index in [1.54, 1.807) is 0 Å². The number of carbonyl (C=O) groups is 1. The van der Waals surface area contributed by atoms with Gasteiger partial charge < -0.3 is 4.74 Å². The van der Waals surface area contributed by atoms with Crippen LogP contribution >= 0.6 is 0 Å². The summed E-state index contributed by atoms with van der Waals surface area (Å²) in [5, 5.41) is 0. The third-order valence-electron chi connectivity index (χ3n) is 5.13. The van der Waals surface area contributed by atoms with Gasteiger partial charge in [0, 0.05) is 11.3 Å². The highest BCUT2D eigenvalue weighted by molar-refractivity contribution is 5.97. The van der Waals surface area contributed by atoms with Crippen LogP contribution < -0.4 is 0 Å². The van der Waals surface area contributed by atoms with Crippen molar-refractivity contribution in [3.63, 3.8) is 0 Å². The predicted octanol–water partition coefficient (Wildman–Crippen LogP) is 2.56. The molecule has 0 aromatic rings. The van der Waals surface area contributed by atoms with E-state index in [-0.39, 0.29) is 22.9 Å². The lowest BCUT2D eigenvalue weighted by molar-refractivity contribution is -0.139. The van der Waals surface area contributed by atoms with Crippen molar-refractivity contribution in [1.82, 2.24) is 0 Å². The summed E-state index contributed by atoms with van der Waals surface area (Å²) in [4.78, 5) is 12.4. The lowest BCUT2D eigenvalue weighted by Gasteiger charge is -2.47. The maximum absolute atomic E-state index is 12.4. The second kappa shape index (κ2) is 2.32. The third kappa shape index (κ3) is 0.926. The molecule has 3 aliphatic rings. The summed E-state index contributed by atoms with van der Waals surface area (Å²) in [6.07, 6.45) is 3.79. The quantitative estimate of drug-likeness (QED) is 0.573. The topological polar surface area (TPSA) is 29.6 Å². The Labute approximate surface area is 91.4 Å². The first-order valence-electron chi connectivity index (χ1n) is 6.04. The number of ketones is 1. The van der Waals surface area contributed by atoms with Crippen molar-refractivity contribution in [3.05, 3.63) is 0 Å². The Morgan fingerprint density at radius 1 is 1.20 bits per heavy atom. The maximum atomic E-state index is 12.4. The molecule has 2 saturated carbocycles. The Bertz CT molecular complexity index is 346. The fraction of sp³-hybridized carbons (Fsp3) is 0.923. The Balaban J connectivity index is 2.08. The molecule has 0 spiro atoms. The van der Waals surface area contributed by atoms with Gasteiger partial charge in [0.1, 0.15) is 6.10 Å². The molecule has 0 radical (unpaired) electrons. The summed E-state index contributed by atoms with van der Waals surface area (Å²) in [5.74, 6) is 0.599. The van der Waals surface area contributed by atoms with Crippen molar-refractivity contribution in [1.29, 1.82) is 0 Å². The molecular formula is C13H20O2. The van der Waals surface area contributed by atoms with Gasteiger partial charge in [0.2, 0.25) is 0 Å². The summed E-state index contributed by atoms with van der Waals surface area (Å²) in [7, 11) is 0.